The number of piperazine rings is 1. The van der Waals surface area contributed by atoms with Gasteiger partial charge >= 0.3 is 6.09 Å². The molecule has 4 N–H and O–H groups in total. The first-order valence-corrected chi connectivity index (χ1v) is 11.2. The van der Waals surface area contributed by atoms with Gasteiger partial charge in [-0.3, -0.25) is 4.99 Å². The zero-order valence-corrected chi connectivity index (χ0v) is 20.2. The molecule has 0 aliphatic carbocycles. The van der Waals surface area contributed by atoms with E-state index >= 15 is 0 Å². The van der Waals surface area contributed by atoms with Crippen LogP contribution in [0.2, 0.25) is 0 Å². The molecule has 3 rings (SSSR count). The molecule has 1 fully saturated rings. The van der Waals surface area contributed by atoms with E-state index in [1.807, 2.05) is 51.1 Å². The molecule has 2 aromatic rings. The van der Waals surface area contributed by atoms with Crippen LogP contribution < -0.4 is 16.0 Å². The monoisotopic (exact) mass is 463 g/mol. The smallest absolute Gasteiger partial charge is 0.410 e. The Bertz CT molecular complexity index is 1080. The number of hydrogen-bond acceptors (Lipinski definition) is 8. The molecule has 1 aromatic heterocycles. The highest BCUT2D eigenvalue weighted by Crippen LogP contribution is 2.26. The molecule has 1 aliphatic rings. The first kappa shape index (κ1) is 24.8. The van der Waals surface area contributed by atoms with Crippen molar-refractivity contribution in [2.75, 3.05) is 43.4 Å². The molecule has 0 radical (unpaired) electrons. The van der Waals surface area contributed by atoms with Gasteiger partial charge in [0.15, 0.2) is 0 Å². The number of aromatic nitrogens is 1. The average molecular weight is 464 g/mol. The number of aliphatic imine (C=N–C) groups is 1. The summed E-state index contributed by atoms with van der Waals surface area (Å²) in [6, 6.07) is 9.58. The third kappa shape index (κ3) is 6.34. The number of carbonyl (C=O) groups is 1. The number of amides is 1. The Morgan fingerprint density at radius 1 is 1.21 bits per heavy atom. The van der Waals surface area contributed by atoms with Crippen molar-refractivity contribution in [1.82, 2.24) is 9.88 Å². The van der Waals surface area contributed by atoms with E-state index in [9.17, 15) is 4.79 Å². The maximum Gasteiger partial charge on any atom is 0.410 e. The minimum Gasteiger partial charge on any atom is -0.444 e. The van der Waals surface area contributed by atoms with Gasteiger partial charge in [0.2, 0.25) is 0 Å². The molecule has 0 saturated carbocycles. The van der Waals surface area contributed by atoms with E-state index in [0.29, 0.717) is 26.2 Å². The van der Waals surface area contributed by atoms with E-state index in [0.717, 1.165) is 33.9 Å². The number of rotatable bonds is 6. The first-order chi connectivity index (χ1) is 16.2. The summed E-state index contributed by atoms with van der Waals surface area (Å²) in [5.41, 5.74) is 9.32. The minimum atomic E-state index is -0.507. The first-order valence-electron chi connectivity index (χ1n) is 11.2. The molecule has 34 heavy (non-hydrogen) atoms. The summed E-state index contributed by atoms with van der Waals surface area (Å²) in [5.74, 6) is 0.821. The van der Waals surface area contributed by atoms with Crippen LogP contribution in [-0.4, -0.2) is 67.2 Å². The van der Waals surface area contributed by atoms with Crippen molar-refractivity contribution < 1.29 is 9.53 Å². The number of carbonyl (C=O) groups excluding carboxylic acids is 1. The van der Waals surface area contributed by atoms with Crippen molar-refractivity contribution >= 4 is 41.3 Å². The van der Waals surface area contributed by atoms with Crippen LogP contribution in [0.4, 0.5) is 22.0 Å². The van der Waals surface area contributed by atoms with Gasteiger partial charge < -0.3 is 31.0 Å². The second-order valence-corrected chi connectivity index (χ2v) is 8.94. The van der Waals surface area contributed by atoms with Crippen LogP contribution in [-0.2, 0) is 4.74 Å². The average Bonchev–Trinajstić information content (AvgIpc) is 2.82. The molecule has 0 spiro atoms. The van der Waals surface area contributed by atoms with Gasteiger partial charge in [0.25, 0.3) is 0 Å². The van der Waals surface area contributed by atoms with Gasteiger partial charge in [-0.25, -0.2) is 9.78 Å². The van der Waals surface area contributed by atoms with Gasteiger partial charge in [0, 0.05) is 86.6 Å². The van der Waals surface area contributed by atoms with Gasteiger partial charge in [0.1, 0.15) is 11.4 Å². The van der Waals surface area contributed by atoms with Crippen molar-refractivity contribution in [2.24, 2.45) is 10.7 Å². The Morgan fingerprint density at radius 2 is 1.94 bits per heavy atom. The fourth-order valence-electron chi connectivity index (χ4n) is 3.59. The Morgan fingerprint density at radius 3 is 2.56 bits per heavy atom. The van der Waals surface area contributed by atoms with Crippen LogP contribution in [0.15, 0.2) is 47.7 Å². The Hall–Kier alpha value is -3.88. The molecular formula is C25H33N7O2. The fraction of sp³-hybridized carbons (Fsp3) is 0.360. The second kappa shape index (κ2) is 10.8. The van der Waals surface area contributed by atoms with Gasteiger partial charge in [-0.15, -0.1) is 0 Å². The van der Waals surface area contributed by atoms with Crippen LogP contribution in [0.3, 0.4) is 0 Å². The number of nitrogens with two attached hydrogens (primary N) is 1. The van der Waals surface area contributed by atoms with Crippen molar-refractivity contribution in [2.45, 2.75) is 26.4 Å². The lowest BCUT2D eigenvalue weighted by Gasteiger charge is -2.36. The largest absolute Gasteiger partial charge is 0.444 e. The van der Waals surface area contributed by atoms with Crippen LogP contribution in [0.1, 0.15) is 31.9 Å². The molecule has 1 aliphatic heterocycles. The summed E-state index contributed by atoms with van der Waals surface area (Å²) in [6.07, 6.45) is 5.99. The van der Waals surface area contributed by atoms with E-state index in [-0.39, 0.29) is 6.09 Å². The summed E-state index contributed by atoms with van der Waals surface area (Å²) in [6.45, 7) is 8.08. The third-order valence-corrected chi connectivity index (χ3v) is 5.27. The van der Waals surface area contributed by atoms with Crippen molar-refractivity contribution in [3.05, 3.63) is 53.9 Å². The van der Waals surface area contributed by atoms with E-state index in [4.69, 9.17) is 15.9 Å². The number of anilines is 3. The predicted molar refractivity (Wildman–Crippen MR) is 138 cm³/mol. The summed E-state index contributed by atoms with van der Waals surface area (Å²) in [4.78, 5) is 24.8. The lowest BCUT2D eigenvalue weighted by atomic mass is 10.0. The third-order valence-electron chi connectivity index (χ3n) is 5.27. The molecule has 2 heterocycles. The lowest BCUT2D eigenvalue weighted by molar-refractivity contribution is 0.0240. The Kier molecular flexibility index (Phi) is 7.88. The highest BCUT2D eigenvalue weighted by molar-refractivity contribution is 6.10. The van der Waals surface area contributed by atoms with E-state index < -0.39 is 5.60 Å². The maximum atomic E-state index is 12.3. The standard InChI is InChI=1S/C25H33N7O2/c1-25(2,3)34-24(33)32-11-9-31(10-12-32)23-14-21(7-8-29-23)30-22-13-18(5-6-19(22)15-26)20(16-27)17-28-4/h5-8,13-17,26H,9-12,27H2,1-4H3,(H,29,30). The van der Waals surface area contributed by atoms with Crippen molar-refractivity contribution in [1.29, 1.82) is 5.41 Å². The molecule has 9 nitrogen and oxygen atoms in total. The van der Waals surface area contributed by atoms with Crippen LogP contribution in [0, 0.1) is 5.41 Å². The summed E-state index contributed by atoms with van der Waals surface area (Å²) < 4.78 is 5.48. The van der Waals surface area contributed by atoms with E-state index in [1.165, 1.54) is 12.4 Å². The highest BCUT2D eigenvalue weighted by Gasteiger charge is 2.26. The molecule has 0 bridgehead atoms. The van der Waals surface area contributed by atoms with Crippen LogP contribution in [0.5, 0.6) is 0 Å². The van der Waals surface area contributed by atoms with E-state index in [1.54, 1.807) is 24.4 Å². The number of ether oxygens (including phenoxy) is 1. The normalized spacial score (nSPS) is 14.9. The summed E-state index contributed by atoms with van der Waals surface area (Å²) in [5, 5.41) is 11.2. The second-order valence-electron chi connectivity index (χ2n) is 8.94. The number of pyridine rings is 1. The minimum absolute atomic E-state index is 0.284. The lowest BCUT2D eigenvalue weighted by Crippen LogP contribution is -2.50. The zero-order chi connectivity index (χ0) is 24.7. The van der Waals surface area contributed by atoms with Gasteiger partial charge in [-0.2, -0.15) is 0 Å². The topological polar surface area (TPSA) is 120 Å². The summed E-state index contributed by atoms with van der Waals surface area (Å²) >= 11 is 0. The molecule has 0 unspecified atom stereocenters. The fourth-order valence-corrected chi connectivity index (χ4v) is 3.59. The molecule has 0 atom stereocenters. The van der Waals surface area contributed by atoms with Gasteiger partial charge in [0.05, 0.1) is 0 Å². The molecule has 1 aromatic carbocycles. The molecule has 9 heteroatoms. The number of nitrogens with one attached hydrogen (secondary N) is 2. The number of benzene rings is 1. The van der Waals surface area contributed by atoms with Crippen molar-refractivity contribution in [3.63, 3.8) is 0 Å². The van der Waals surface area contributed by atoms with Crippen LogP contribution >= 0.6 is 0 Å². The summed E-state index contributed by atoms with van der Waals surface area (Å²) in [7, 11) is 1.69. The number of nitrogens with zero attached hydrogens (tertiary/aromatic N) is 4. The number of allylic oxidation sites excluding steroid dienone is 1. The molecule has 1 amide bonds. The molecular weight excluding hydrogens is 430 g/mol. The number of hydrogen-bond donors (Lipinski definition) is 3. The molecule has 1 saturated heterocycles. The van der Waals surface area contributed by atoms with Crippen molar-refractivity contribution in [3.8, 4) is 0 Å². The van der Waals surface area contributed by atoms with Gasteiger partial charge in [-0.05, 0) is 38.5 Å². The maximum absolute atomic E-state index is 12.3. The quantitative estimate of drug-likeness (QED) is 0.559. The Labute approximate surface area is 200 Å². The van der Waals surface area contributed by atoms with Gasteiger partial charge in [-0.1, -0.05) is 12.1 Å². The van der Waals surface area contributed by atoms with Crippen LogP contribution in [0.25, 0.3) is 5.57 Å². The van der Waals surface area contributed by atoms with E-state index in [2.05, 4.69) is 20.2 Å². The molecule has 180 valence electrons. The zero-order valence-electron chi connectivity index (χ0n) is 20.2. The Balaban J connectivity index is 1.73. The predicted octanol–water partition coefficient (Wildman–Crippen LogP) is 3.88. The highest BCUT2D eigenvalue weighted by atomic mass is 16.6. The SMILES string of the molecule is CN=CC(=CN)c1ccc(C=N)c(Nc2ccnc(N3CCN(C(=O)OC(C)(C)C)CC3)c2)c1.